The third-order valence-corrected chi connectivity index (χ3v) is 3.64. The summed E-state index contributed by atoms with van der Waals surface area (Å²) in [6, 6.07) is -0.0170. The number of ether oxygens (including phenoxy) is 1. The van der Waals surface area contributed by atoms with Crippen LogP contribution in [0, 0.1) is 0 Å². The number of carbonyl (C=O) groups excluding carboxylic acids is 1. The molecule has 0 aromatic rings. The molecular weight excluding hydrogens is 290 g/mol. The molecule has 5 nitrogen and oxygen atoms in total. The van der Waals surface area contributed by atoms with Gasteiger partial charge >= 0.3 is 6.09 Å². The van der Waals surface area contributed by atoms with Gasteiger partial charge in [-0.1, -0.05) is 19.9 Å². The fraction of sp³-hybridized carbons (Fsp3) is 0.778. The van der Waals surface area contributed by atoms with Crippen molar-refractivity contribution in [3.05, 3.63) is 11.8 Å². The fourth-order valence-corrected chi connectivity index (χ4v) is 2.68. The zero-order valence-corrected chi connectivity index (χ0v) is 15.6. The Hall–Kier alpha value is -1.52. The quantitative estimate of drug-likeness (QED) is 0.612. The highest BCUT2D eigenvalue weighted by atomic mass is 16.6. The first kappa shape index (κ1) is 19.5. The zero-order chi connectivity index (χ0) is 17.5. The largest absolute Gasteiger partial charge is 0.444 e. The second kappa shape index (κ2) is 8.94. The fourth-order valence-electron chi connectivity index (χ4n) is 2.68. The average molecular weight is 323 g/mol. The predicted molar refractivity (Wildman–Crippen MR) is 95.7 cm³/mol. The van der Waals surface area contributed by atoms with E-state index in [4.69, 9.17) is 4.74 Å². The molecule has 0 aromatic heterocycles. The van der Waals surface area contributed by atoms with E-state index in [1.165, 1.54) is 0 Å². The van der Waals surface area contributed by atoms with Crippen molar-refractivity contribution in [1.29, 1.82) is 0 Å². The topological polar surface area (TPSA) is 53.9 Å². The summed E-state index contributed by atoms with van der Waals surface area (Å²) in [7, 11) is 0. The summed E-state index contributed by atoms with van der Waals surface area (Å²) >= 11 is 0. The Morgan fingerprint density at radius 2 is 2.04 bits per heavy atom. The third kappa shape index (κ3) is 6.24. The van der Waals surface area contributed by atoms with Crippen molar-refractivity contribution in [2.24, 2.45) is 4.99 Å². The number of rotatable bonds is 5. The van der Waals surface area contributed by atoms with E-state index in [-0.39, 0.29) is 12.1 Å². The Balaban J connectivity index is 2.91. The van der Waals surface area contributed by atoms with Crippen LogP contribution in [0.5, 0.6) is 0 Å². The summed E-state index contributed by atoms with van der Waals surface area (Å²) in [4.78, 5) is 18.9. The lowest BCUT2D eigenvalue weighted by Crippen LogP contribution is -2.47. The lowest BCUT2D eigenvalue weighted by Gasteiger charge is -2.30. The normalized spacial score (nSPS) is 19.9. The lowest BCUT2D eigenvalue weighted by molar-refractivity contribution is 0.0264. The van der Waals surface area contributed by atoms with E-state index >= 15 is 0 Å². The maximum atomic E-state index is 12.5. The van der Waals surface area contributed by atoms with Crippen molar-refractivity contribution in [2.45, 2.75) is 78.9 Å². The molecule has 1 N–H and O–H groups in total. The minimum absolute atomic E-state index is 0.0170. The first-order valence-electron chi connectivity index (χ1n) is 8.82. The molecule has 0 aromatic carbocycles. The zero-order valence-electron chi connectivity index (χ0n) is 15.6. The van der Waals surface area contributed by atoms with Gasteiger partial charge in [-0.2, -0.15) is 0 Å². The van der Waals surface area contributed by atoms with Gasteiger partial charge in [-0.3, -0.25) is 9.89 Å². The molecule has 5 heteroatoms. The molecule has 1 aliphatic heterocycles. The van der Waals surface area contributed by atoms with Crippen LogP contribution in [0.25, 0.3) is 0 Å². The van der Waals surface area contributed by atoms with Crippen LogP contribution in [0.1, 0.15) is 67.2 Å². The summed E-state index contributed by atoms with van der Waals surface area (Å²) in [6.45, 7) is 13.4. The van der Waals surface area contributed by atoms with E-state index in [1.807, 2.05) is 32.6 Å². The molecule has 1 fully saturated rings. The third-order valence-electron chi connectivity index (χ3n) is 3.64. The summed E-state index contributed by atoms with van der Waals surface area (Å²) in [5, 5.41) is 3.46. The van der Waals surface area contributed by atoms with Crippen molar-refractivity contribution >= 4 is 11.9 Å². The molecule has 23 heavy (non-hydrogen) atoms. The Bertz CT molecular complexity index is 450. The second-order valence-corrected chi connectivity index (χ2v) is 6.81. The number of amidine groups is 1. The molecule has 0 unspecified atom stereocenters. The van der Waals surface area contributed by atoms with Crippen LogP contribution in [0.3, 0.4) is 0 Å². The Morgan fingerprint density at radius 1 is 1.35 bits per heavy atom. The van der Waals surface area contributed by atoms with Crippen LogP contribution in [0.2, 0.25) is 0 Å². The monoisotopic (exact) mass is 323 g/mol. The van der Waals surface area contributed by atoms with Crippen LogP contribution in [0.15, 0.2) is 16.8 Å². The van der Waals surface area contributed by atoms with Crippen LogP contribution in [0.4, 0.5) is 4.79 Å². The average Bonchev–Trinajstić information content (AvgIpc) is 2.93. The minimum Gasteiger partial charge on any atom is -0.444 e. The number of nitrogens with one attached hydrogen (secondary N) is 1. The first-order valence-corrected chi connectivity index (χ1v) is 8.82. The van der Waals surface area contributed by atoms with Gasteiger partial charge in [0.1, 0.15) is 11.4 Å². The van der Waals surface area contributed by atoms with Crippen LogP contribution < -0.4 is 5.32 Å². The van der Waals surface area contributed by atoms with Gasteiger partial charge in [0.25, 0.3) is 0 Å². The number of allylic oxidation sites excluding steroid dienone is 2. The second-order valence-electron chi connectivity index (χ2n) is 6.81. The highest BCUT2D eigenvalue weighted by Gasteiger charge is 2.35. The number of aliphatic imine (C=N–C) groups is 1. The summed E-state index contributed by atoms with van der Waals surface area (Å²) < 4.78 is 5.55. The van der Waals surface area contributed by atoms with Gasteiger partial charge in [0.2, 0.25) is 0 Å². The molecule has 1 aliphatic rings. The van der Waals surface area contributed by atoms with E-state index in [0.717, 1.165) is 43.8 Å². The molecular formula is C18H33N3O2. The summed E-state index contributed by atoms with van der Waals surface area (Å²) in [6.07, 6.45) is 5.74. The number of carbonyl (C=O) groups is 1. The lowest BCUT2D eigenvalue weighted by atomic mass is 10.1. The number of amides is 1. The number of nitrogens with zero attached hydrogens (tertiary/aromatic N) is 2. The SMILES string of the molecule is CC/C=C(\CC)NC(=NCC)[C@@H]1CCCN1C(=O)OC(C)(C)C. The van der Waals surface area contributed by atoms with Gasteiger partial charge in [0, 0.05) is 18.8 Å². The van der Waals surface area contributed by atoms with E-state index in [9.17, 15) is 4.79 Å². The molecule has 1 amide bonds. The first-order chi connectivity index (χ1) is 10.8. The highest BCUT2D eigenvalue weighted by Crippen LogP contribution is 2.22. The maximum absolute atomic E-state index is 12.5. The van der Waals surface area contributed by atoms with Gasteiger partial charge in [-0.05, 0) is 53.4 Å². The van der Waals surface area contributed by atoms with Gasteiger partial charge in [0.15, 0.2) is 0 Å². The Kier molecular flexibility index (Phi) is 7.59. The van der Waals surface area contributed by atoms with Crippen molar-refractivity contribution in [2.75, 3.05) is 13.1 Å². The molecule has 1 heterocycles. The standard InChI is InChI=1S/C18H33N3O2/c1-7-11-14(8-2)20-16(19-9-3)15-12-10-13-21(15)17(22)23-18(4,5)6/h11,15H,7-10,12-13H2,1-6H3,(H,19,20)/b14-11+/t15-/m0/s1. The predicted octanol–water partition coefficient (Wildman–Crippen LogP) is 4.10. The van der Waals surface area contributed by atoms with Crippen LogP contribution in [-0.2, 0) is 4.74 Å². The number of hydrogen-bond donors (Lipinski definition) is 1. The maximum Gasteiger partial charge on any atom is 0.410 e. The van der Waals surface area contributed by atoms with E-state index in [0.29, 0.717) is 6.54 Å². The van der Waals surface area contributed by atoms with Crippen molar-refractivity contribution < 1.29 is 9.53 Å². The molecule has 1 saturated heterocycles. The molecule has 1 atom stereocenters. The van der Waals surface area contributed by atoms with Crippen molar-refractivity contribution in [1.82, 2.24) is 10.2 Å². The molecule has 132 valence electrons. The van der Waals surface area contributed by atoms with Crippen molar-refractivity contribution in [3.8, 4) is 0 Å². The van der Waals surface area contributed by atoms with Gasteiger partial charge in [-0.25, -0.2) is 4.79 Å². The van der Waals surface area contributed by atoms with E-state index in [2.05, 4.69) is 30.2 Å². The molecule has 1 rings (SSSR count). The van der Waals surface area contributed by atoms with E-state index < -0.39 is 5.60 Å². The number of likely N-dealkylation sites (tertiary alicyclic amines) is 1. The molecule has 0 saturated carbocycles. The minimum atomic E-state index is -0.476. The van der Waals surface area contributed by atoms with Gasteiger partial charge < -0.3 is 10.1 Å². The van der Waals surface area contributed by atoms with Crippen molar-refractivity contribution in [3.63, 3.8) is 0 Å². The van der Waals surface area contributed by atoms with Gasteiger partial charge in [0.05, 0.1) is 6.04 Å². The highest BCUT2D eigenvalue weighted by molar-refractivity contribution is 5.92. The summed E-state index contributed by atoms with van der Waals surface area (Å²) in [5.41, 5.74) is 0.687. The van der Waals surface area contributed by atoms with Crippen LogP contribution in [-0.4, -0.2) is 41.6 Å². The van der Waals surface area contributed by atoms with Gasteiger partial charge in [-0.15, -0.1) is 0 Å². The van der Waals surface area contributed by atoms with E-state index in [1.54, 1.807) is 0 Å². The molecule has 0 aliphatic carbocycles. The molecule has 0 radical (unpaired) electrons. The molecule has 0 spiro atoms. The number of hydrogen-bond acceptors (Lipinski definition) is 3. The van der Waals surface area contributed by atoms with Crippen LogP contribution >= 0.6 is 0 Å². The summed E-state index contributed by atoms with van der Waals surface area (Å²) in [5.74, 6) is 0.886. The molecule has 0 bridgehead atoms. The Morgan fingerprint density at radius 3 is 2.57 bits per heavy atom. The Labute approximate surface area is 141 Å². The smallest absolute Gasteiger partial charge is 0.410 e.